The van der Waals surface area contributed by atoms with E-state index in [-0.39, 0.29) is 6.10 Å². The van der Waals surface area contributed by atoms with Crippen molar-refractivity contribution in [3.63, 3.8) is 0 Å². The molecular formula is C28H31ClN4O4S. The first kappa shape index (κ1) is 27.6. The number of nitrogens with one attached hydrogen (secondary N) is 1. The summed E-state index contributed by atoms with van der Waals surface area (Å²) in [4.78, 5) is 26.2. The molecule has 2 aromatic heterocycles. The van der Waals surface area contributed by atoms with Crippen LogP contribution in [0.25, 0.3) is 16.0 Å². The fraction of sp³-hybridized carbons (Fsp3) is 0.321. The van der Waals surface area contributed by atoms with E-state index in [4.69, 9.17) is 32.0 Å². The number of rotatable bonds is 7. The number of carbonyl (C=O) groups is 2. The number of ether oxygens (including phenoxy) is 1. The van der Waals surface area contributed by atoms with Crippen molar-refractivity contribution in [1.29, 1.82) is 0 Å². The summed E-state index contributed by atoms with van der Waals surface area (Å²) in [5, 5.41) is 12.4. The Morgan fingerprint density at radius 3 is 2.74 bits per heavy atom. The fourth-order valence-electron chi connectivity index (χ4n) is 4.59. The molecule has 4 aromatic rings. The van der Waals surface area contributed by atoms with Crippen LogP contribution in [0.1, 0.15) is 53.6 Å². The molecule has 1 amide bonds. The second-order valence-corrected chi connectivity index (χ2v) is 10.7. The van der Waals surface area contributed by atoms with Gasteiger partial charge in [-0.05, 0) is 69.0 Å². The van der Waals surface area contributed by atoms with Gasteiger partial charge in [-0.1, -0.05) is 35.9 Å². The first-order valence-electron chi connectivity index (χ1n) is 12.4. The number of benzene rings is 2. The molecule has 200 valence electrons. The number of hydrogen-bond donors (Lipinski definition) is 3. The van der Waals surface area contributed by atoms with Gasteiger partial charge in [0.2, 0.25) is 0 Å². The Balaban J connectivity index is 0.000000786. The quantitative estimate of drug-likeness (QED) is 0.273. The van der Waals surface area contributed by atoms with Crippen LogP contribution in [0.3, 0.4) is 0 Å². The second kappa shape index (κ2) is 12.4. The minimum atomic E-state index is -0.833. The molecule has 3 heterocycles. The Morgan fingerprint density at radius 1 is 1.29 bits per heavy atom. The smallest absolute Gasteiger partial charge is 0.300 e. The molecule has 0 radical (unpaired) electrons. The summed E-state index contributed by atoms with van der Waals surface area (Å²) in [7, 11) is 0. The molecule has 2 aromatic carbocycles. The molecule has 8 nitrogen and oxygen atoms in total. The van der Waals surface area contributed by atoms with Crippen LogP contribution in [0.2, 0.25) is 5.02 Å². The zero-order chi connectivity index (χ0) is 27.2. The van der Waals surface area contributed by atoms with E-state index in [2.05, 4.69) is 28.5 Å². The Labute approximate surface area is 230 Å². The molecular weight excluding hydrogens is 524 g/mol. The summed E-state index contributed by atoms with van der Waals surface area (Å²) in [5.74, 6) is -0.254. The van der Waals surface area contributed by atoms with Gasteiger partial charge in [-0.25, -0.2) is 4.98 Å². The summed E-state index contributed by atoms with van der Waals surface area (Å²) < 4.78 is 8.18. The average molecular weight is 555 g/mol. The highest BCUT2D eigenvalue weighted by atomic mass is 35.5. The number of fused-ring (bicyclic) bond motifs is 1. The van der Waals surface area contributed by atoms with E-state index in [0.717, 1.165) is 48.0 Å². The third-order valence-corrected chi connectivity index (χ3v) is 7.80. The molecule has 10 heteroatoms. The van der Waals surface area contributed by atoms with Crippen LogP contribution in [-0.4, -0.2) is 39.6 Å². The van der Waals surface area contributed by atoms with Crippen molar-refractivity contribution in [2.75, 3.05) is 13.1 Å². The maximum atomic E-state index is 12.2. The van der Waals surface area contributed by atoms with E-state index < -0.39 is 11.9 Å². The lowest BCUT2D eigenvalue weighted by molar-refractivity contribution is -0.134. The Hall–Kier alpha value is -3.40. The largest absolute Gasteiger partial charge is 0.484 e. The standard InChI is InChI=1S/C26H27ClN4O2S.C2H4O2/c1-16(19-6-2-3-7-20(19)27)33-23-13-24(34-25(23)26(28)32)31-15-30-21-9-8-17(12-22(21)31)11-18-5-4-10-29-14-18;1-2(3)4/h2-3,6-9,12-13,15-16,18,29H,4-5,10-11,14H2,1H3,(H2,28,32);1H3,(H,3,4)/t16-,18+;/m1./s1. The van der Waals surface area contributed by atoms with Crippen molar-refractivity contribution >= 4 is 45.8 Å². The van der Waals surface area contributed by atoms with Crippen LogP contribution in [0.5, 0.6) is 5.75 Å². The lowest BCUT2D eigenvalue weighted by Crippen LogP contribution is -2.30. The predicted molar refractivity (Wildman–Crippen MR) is 151 cm³/mol. The second-order valence-electron chi connectivity index (χ2n) is 9.30. The van der Waals surface area contributed by atoms with Crippen LogP contribution < -0.4 is 15.8 Å². The Morgan fingerprint density at radius 2 is 2.05 bits per heavy atom. The van der Waals surface area contributed by atoms with Gasteiger partial charge < -0.3 is 20.9 Å². The number of aliphatic carboxylic acids is 1. The van der Waals surface area contributed by atoms with E-state index in [1.54, 1.807) is 6.33 Å². The molecule has 1 aliphatic heterocycles. The molecule has 0 aliphatic carbocycles. The van der Waals surface area contributed by atoms with Crippen LogP contribution in [0.4, 0.5) is 0 Å². The molecule has 1 fully saturated rings. The van der Waals surface area contributed by atoms with Crippen molar-refractivity contribution in [3.05, 3.63) is 75.9 Å². The van der Waals surface area contributed by atoms with Crippen molar-refractivity contribution in [3.8, 4) is 10.8 Å². The molecule has 4 N–H and O–H groups in total. The SMILES string of the molecule is CC(=O)O.C[C@@H](Oc1cc(-n2cnc3ccc(C[C@@H]4CCCNC4)cc32)sc1C(N)=O)c1ccccc1Cl. The molecule has 0 unspecified atom stereocenters. The summed E-state index contributed by atoms with van der Waals surface area (Å²) >= 11 is 7.64. The molecule has 38 heavy (non-hydrogen) atoms. The van der Waals surface area contributed by atoms with Crippen molar-refractivity contribution in [1.82, 2.24) is 14.9 Å². The third kappa shape index (κ3) is 6.72. The molecule has 0 spiro atoms. The van der Waals surface area contributed by atoms with Gasteiger partial charge in [0.15, 0.2) is 0 Å². The topological polar surface area (TPSA) is 119 Å². The van der Waals surface area contributed by atoms with Gasteiger partial charge in [0.05, 0.1) is 11.0 Å². The molecule has 0 bridgehead atoms. The van der Waals surface area contributed by atoms with Crippen LogP contribution in [0, 0.1) is 5.92 Å². The molecule has 0 saturated carbocycles. The lowest BCUT2D eigenvalue weighted by Gasteiger charge is -2.22. The number of aromatic nitrogens is 2. The number of carboxylic acids is 1. The van der Waals surface area contributed by atoms with E-state index >= 15 is 0 Å². The van der Waals surface area contributed by atoms with Crippen LogP contribution >= 0.6 is 22.9 Å². The minimum Gasteiger partial charge on any atom is -0.484 e. The number of piperidine rings is 1. The van der Waals surface area contributed by atoms with Crippen LogP contribution in [-0.2, 0) is 11.2 Å². The normalized spacial score (nSPS) is 15.9. The Kier molecular flexibility index (Phi) is 9.04. The average Bonchev–Trinajstić information content (AvgIpc) is 3.48. The molecule has 5 rings (SSSR count). The number of carboxylic acid groups (broad SMARTS) is 1. The number of nitrogens with zero attached hydrogens (tertiary/aromatic N) is 2. The molecule has 1 aliphatic rings. The predicted octanol–water partition coefficient (Wildman–Crippen LogP) is 5.61. The number of nitrogens with two attached hydrogens (primary N) is 1. The van der Waals surface area contributed by atoms with E-state index in [9.17, 15) is 4.79 Å². The first-order valence-corrected chi connectivity index (χ1v) is 13.6. The number of thiophene rings is 1. The summed E-state index contributed by atoms with van der Waals surface area (Å²) in [6, 6.07) is 15.8. The summed E-state index contributed by atoms with van der Waals surface area (Å²) in [6.45, 7) is 5.17. The summed E-state index contributed by atoms with van der Waals surface area (Å²) in [5.41, 5.74) is 9.75. The maximum absolute atomic E-state index is 12.2. The van der Waals surface area contributed by atoms with E-state index in [1.165, 1.54) is 29.7 Å². The van der Waals surface area contributed by atoms with Gasteiger partial charge in [-0.2, -0.15) is 0 Å². The molecule has 1 saturated heterocycles. The number of amides is 1. The summed E-state index contributed by atoms with van der Waals surface area (Å²) in [6.07, 6.45) is 4.96. The molecule has 2 atom stereocenters. The number of hydrogen-bond acceptors (Lipinski definition) is 6. The van der Waals surface area contributed by atoms with Crippen molar-refractivity contribution < 1.29 is 19.4 Å². The first-order chi connectivity index (χ1) is 18.2. The third-order valence-electron chi connectivity index (χ3n) is 6.33. The number of primary amides is 1. The van der Waals surface area contributed by atoms with E-state index in [0.29, 0.717) is 21.6 Å². The highest BCUT2D eigenvalue weighted by Crippen LogP contribution is 2.37. The maximum Gasteiger partial charge on any atom is 0.300 e. The van der Waals surface area contributed by atoms with Gasteiger partial charge in [0, 0.05) is 23.6 Å². The highest BCUT2D eigenvalue weighted by Gasteiger charge is 2.21. The lowest BCUT2D eigenvalue weighted by atomic mass is 9.92. The van der Waals surface area contributed by atoms with Crippen molar-refractivity contribution in [2.24, 2.45) is 11.7 Å². The Bertz CT molecular complexity index is 1420. The van der Waals surface area contributed by atoms with Crippen LogP contribution in [0.15, 0.2) is 54.9 Å². The monoisotopic (exact) mass is 554 g/mol. The van der Waals surface area contributed by atoms with Crippen molar-refractivity contribution in [2.45, 2.75) is 39.2 Å². The number of carbonyl (C=O) groups excluding carboxylic acids is 1. The highest BCUT2D eigenvalue weighted by molar-refractivity contribution is 7.16. The zero-order valence-electron chi connectivity index (χ0n) is 21.3. The fourth-order valence-corrected chi connectivity index (χ4v) is 5.80. The minimum absolute atomic E-state index is 0.343. The van der Waals surface area contributed by atoms with Gasteiger partial charge in [-0.3, -0.25) is 14.2 Å². The van der Waals surface area contributed by atoms with Gasteiger partial charge in [0.25, 0.3) is 11.9 Å². The van der Waals surface area contributed by atoms with E-state index in [1.807, 2.05) is 41.8 Å². The zero-order valence-corrected chi connectivity index (χ0v) is 22.9. The number of halogens is 1. The van der Waals surface area contributed by atoms with Gasteiger partial charge in [0.1, 0.15) is 28.1 Å². The number of imidazole rings is 1. The van der Waals surface area contributed by atoms with Gasteiger partial charge >= 0.3 is 0 Å². The van der Waals surface area contributed by atoms with Gasteiger partial charge in [-0.15, -0.1) is 11.3 Å².